The third-order valence-corrected chi connectivity index (χ3v) is 1.15. The fourth-order valence-electron chi connectivity index (χ4n) is 0.623. The number of hydrogen-bond acceptors (Lipinski definition) is 2. The maximum atomic E-state index is 8.62. The van der Waals surface area contributed by atoms with E-state index >= 15 is 0 Å². The van der Waals surface area contributed by atoms with Crippen molar-refractivity contribution < 1.29 is 5.11 Å². The van der Waals surface area contributed by atoms with Crippen LogP contribution in [0.5, 0.6) is 0 Å². The quantitative estimate of drug-likeness (QED) is 0.534. The molecule has 0 aliphatic rings. The molecule has 0 aliphatic heterocycles. The largest absolute Gasteiger partial charge is 0.398 e. The topological polar surface area (TPSA) is 46.2 Å². The Hall–Kier alpha value is -1.02. The summed E-state index contributed by atoms with van der Waals surface area (Å²) in [7, 11) is 0. The molecule has 0 heterocycles. The molecule has 0 aromatic heterocycles. The molecule has 1 rings (SSSR count). The van der Waals surface area contributed by atoms with Crippen molar-refractivity contribution in [3.63, 3.8) is 0 Å². The number of aliphatic hydroxyl groups excluding tert-OH is 1. The van der Waals surface area contributed by atoms with Gasteiger partial charge in [-0.05, 0) is 0 Å². The van der Waals surface area contributed by atoms with Gasteiger partial charge in [-0.1, -0.05) is 18.2 Å². The molecule has 1 aromatic carbocycles. The lowest BCUT2D eigenvalue weighted by Gasteiger charge is -1.97. The molecule has 3 N–H and O–H groups in total. The SMILES string of the molecule is Nc1[c]cccc1CO. The highest BCUT2D eigenvalue weighted by Gasteiger charge is 1.92. The van der Waals surface area contributed by atoms with E-state index in [-0.39, 0.29) is 6.61 Å². The number of rotatable bonds is 1. The fourth-order valence-corrected chi connectivity index (χ4v) is 0.623. The molecule has 0 unspecified atom stereocenters. The number of anilines is 1. The smallest absolute Gasteiger partial charge is 0.0702 e. The van der Waals surface area contributed by atoms with Crippen LogP contribution in [0.4, 0.5) is 5.69 Å². The standard InChI is InChI=1S/C7H8NO/c8-7-4-2-1-3-6(7)5-9/h1-3,9H,5,8H2. The van der Waals surface area contributed by atoms with E-state index in [0.717, 1.165) is 5.56 Å². The summed E-state index contributed by atoms with van der Waals surface area (Å²) in [4.78, 5) is 0. The number of para-hydroxylation sites is 1. The maximum Gasteiger partial charge on any atom is 0.0702 e. The van der Waals surface area contributed by atoms with Gasteiger partial charge in [-0.15, -0.1) is 0 Å². The molecule has 2 nitrogen and oxygen atoms in total. The first-order chi connectivity index (χ1) is 4.34. The predicted octanol–water partition coefficient (Wildman–Crippen LogP) is 0.561. The first-order valence-corrected chi connectivity index (χ1v) is 2.70. The van der Waals surface area contributed by atoms with E-state index in [0.29, 0.717) is 5.69 Å². The van der Waals surface area contributed by atoms with Crippen molar-refractivity contribution in [3.05, 3.63) is 29.8 Å². The summed E-state index contributed by atoms with van der Waals surface area (Å²) in [5.41, 5.74) is 6.68. The average Bonchev–Trinajstić information content (AvgIpc) is 1.89. The Labute approximate surface area is 53.9 Å². The molecule has 0 spiro atoms. The zero-order chi connectivity index (χ0) is 6.69. The van der Waals surface area contributed by atoms with Crippen molar-refractivity contribution in [2.45, 2.75) is 6.61 Å². The van der Waals surface area contributed by atoms with Crippen LogP contribution in [-0.2, 0) is 6.61 Å². The highest BCUT2D eigenvalue weighted by molar-refractivity contribution is 5.44. The molecule has 0 aliphatic carbocycles. The Morgan fingerprint density at radius 2 is 2.44 bits per heavy atom. The summed E-state index contributed by atoms with van der Waals surface area (Å²) in [6.07, 6.45) is 0. The van der Waals surface area contributed by atoms with E-state index in [4.69, 9.17) is 10.8 Å². The molecule has 1 radical (unpaired) electrons. The fraction of sp³-hybridized carbons (Fsp3) is 0.143. The third kappa shape index (κ3) is 1.21. The molecule has 0 atom stereocenters. The van der Waals surface area contributed by atoms with Crippen molar-refractivity contribution in [2.24, 2.45) is 0 Å². The van der Waals surface area contributed by atoms with Crippen LogP contribution in [0.2, 0.25) is 0 Å². The van der Waals surface area contributed by atoms with E-state index in [1.54, 1.807) is 18.2 Å². The van der Waals surface area contributed by atoms with Crippen molar-refractivity contribution >= 4 is 5.69 Å². The zero-order valence-corrected chi connectivity index (χ0v) is 4.96. The van der Waals surface area contributed by atoms with Gasteiger partial charge in [0.15, 0.2) is 0 Å². The summed E-state index contributed by atoms with van der Waals surface area (Å²) in [5, 5.41) is 8.62. The molecule has 0 saturated carbocycles. The Balaban J connectivity index is 3.01. The maximum absolute atomic E-state index is 8.62. The van der Waals surface area contributed by atoms with Crippen molar-refractivity contribution in [1.29, 1.82) is 0 Å². The number of nitrogens with two attached hydrogens (primary N) is 1. The van der Waals surface area contributed by atoms with E-state index in [1.165, 1.54) is 0 Å². The van der Waals surface area contributed by atoms with Gasteiger partial charge in [0.2, 0.25) is 0 Å². The summed E-state index contributed by atoms with van der Waals surface area (Å²) in [5.74, 6) is 0. The van der Waals surface area contributed by atoms with Gasteiger partial charge in [0, 0.05) is 17.3 Å². The summed E-state index contributed by atoms with van der Waals surface area (Å²) < 4.78 is 0. The molecule has 9 heavy (non-hydrogen) atoms. The van der Waals surface area contributed by atoms with Gasteiger partial charge in [0.1, 0.15) is 0 Å². The molecule has 47 valence electrons. The van der Waals surface area contributed by atoms with E-state index < -0.39 is 0 Å². The van der Waals surface area contributed by atoms with Crippen molar-refractivity contribution in [2.75, 3.05) is 5.73 Å². The van der Waals surface area contributed by atoms with E-state index in [2.05, 4.69) is 6.07 Å². The van der Waals surface area contributed by atoms with Crippen LogP contribution in [0.3, 0.4) is 0 Å². The third-order valence-electron chi connectivity index (χ3n) is 1.15. The van der Waals surface area contributed by atoms with Crippen LogP contribution >= 0.6 is 0 Å². The van der Waals surface area contributed by atoms with Crippen LogP contribution in [0.1, 0.15) is 5.56 Å². The first kappa shape index (κ1) is 6.11. The predicted molar refractivity (Wildman–Crippen MR) is 35.6 cm³/mol. The van der Waals surface area contributed by atoms with E-state index in [1.807, 2.05) is 0 Å². The number of benzene rings is 1. The van der Waals surface area contributed by atoms with Crippen LogP contribution in [0.25, 0.3) is 0 Å². The second kappa shape index (κ2) is 2.51. The van der Waals surface area contributed by atoms with Crippen molar-refractivity contribution in [3.8, 4) is 0 Å². The second-order valence-corrected chi connectivity index (χ2v) is 1.77. The van der Waals surface area contributed by atoms with Crippen LogP contribution in [-0.4, -0.2) is 5.11 Å². The monoisotopic (exact) mass is 122 g/mol. The van der Waals surface area contributed by atoms with Crippen LogP contribution < -0.4 is 5.73 Å². The van der Waals surface area contributed by atoms with Crippen molar-refractivity contribution in [1.82, 2.24) is 0 Å². The minimum absolute atomic E-state index is 0.0107. The lowest BCUT2D eigenvalue weighted by atomic mass is 10.2. The molecule has 0 fully saturated rings. The van der Waals surface area contributed by atoms with Gasteiger partial charge in [0.25, 0.3) is 0 Å². The Bertz CT molecular complexity index is 198. The minimum Gasteiger partial charge on any atom is -0.398 e. The first-order valence-electron chi connectivity index (χ1n) is 2.70. The molecule has 2 heteroatoms. The van der Waals surface area contributed by atoms with Crippen LogP contribution in [0, 0.1) is 6.07 Å². The number of hydrogen-bond donors (Lipinski definition) is 2. The lowest BCUT2D eigenvalue weighted by molar-refractivity contribution is 0.282. The molecule has 1 aromatic rings. The molecular formula is C7H8NO. The molecular weight excluding hydrogens is 114 g/mol. The average molecular weight is 122 g/mol. The molecule has 0 saturated heterocycles. The number of aliphatic hydroxyl groups is 1. The normalized spacial score (nSPS) is 9.44. The Morgan fingerprint density at radius 3 is 2.89 bits per heavy atom. The second-order valence-electron chi connectivity index (χ2n) is 1.77. The minimum atomic E-state index is -0.0107. The van der Waals surface area contributed by atoms with Gasteiger partial charge >= 0.3 is 0 Å². The summed E-state index contributed by atoms with van der Waals surface area (Å²) in [6.45, 7) is -0.0107. The lowest BCUT2D eigenvalue weighted by Crippen LogP contribution is -1.92. The van der Waals surface area contributed by atoms with Crippen LogP contribution in [0.15, 0.2) is 18.2 Å². The van der Waals surface area contributed by atoms with Gasteiger partial charge in [-0.25, -0.2) is 0 Å². The van der Waals surface area contributed by atoms with E-state index in [9.17, 15) is 0 Å². The highest BCUT2D eigenvalue weighted by Crippen LogP contribution is 2.07. The van der Waals surface area contributed by atoms with Gasteiger partial charge in [-0.2, -0.15) is 0 Å². The summed E-state index contributed by atoms with van der Waals surface area (Å²) in [6, 6.07) is 8.05. The van der Waals surface area contributed by atoms with Gasteiger partial charge < -0.3 is 10.8 Å². The Morgan fingerprint density at radius 1 is 1.67 bits per heavy atom. The van der Waals surface area contributed by atoms with Gasteiger partial charge in [-0.3, -0.25) is 0 Å². The highest BCUT2D eigenvalue weighted by atomic mass is 16.3. The molecule has 0 bridgehead atoms. The Kier molecular flexibility index (Phi) is 1.70. The zero-order valence-electron chi connectivity index (χ0n) is 4.96. The molecule has 0 amide bonds. The number of nitrogen functional groups attached to an aromatic ring is 1. The summed E-state index contributed by atoms with van der Waals surface area (Å²) >= 11 is 0. The van der Waals surface area contributed by atoms with Gasteiger partial charge in [0.05, 0.1) is 6.61 Å².